The number of rotatable bonds is 12. The zero-order valence-corrected chi connectivity index (χ0v) is 26.1. The van der Waals surface area contributed by atoms with E-state index in [0.29, 0.717) is 5.69 Å². The molecule has 0 saturated carbocycles. The van der Waals surface area contributed by atoms with Crippen molar-refractivity contribution in [2.45, 2.75) is 59.2 Å². The molecule has 214 valence electrons. The Morgan fingerprint density at radius 2 is 1.60 bits per heavy atom. The van der Waals surface area contributed by atoms with Crippen LogP contribution >= 0.6 is 15.9 Å². The SMILES string of the molecule is CC[C@H](C)NC(=O)[C@H](Cc1ccccc1)N(Cc1ccccc1C)C(=O)CN(c1ccc(Br)c(C)c1)S(C)(=O)=O. The van der Waals surface area contributed by atoms with Crippen LogP contribution in [0.1, 0.15) is 42.5 Å². The van der Waals surface area contributed by atoms with E-state index in [1.807, 2.05) is 82.3 Å². The van der Waals surface area contributed by atoms with Gasteiger partial charge in [-0.25, -0.2) is 8.42 Å². The van der Waals surface area contributed by atoms with Crippen LogP contribution in [0.2, 0.25) is 0 Å². The van der Waals surface area contributed by atoms with Gasteiger partial charge >= 0.3 is 0 Å². The van der Waals surface area contributed by atoms with Crippen molar-refractivity contribution in [3.8, 4) is 0 Å². The molecule has 3 rings (SSSR count). The molecule has 0 saturated heterocycles. The lowest BCUT2D eigenvalue weighted by Crippen LogP contribution is -2.54. The Morgan fingerprint density at radius 1 is 0.950 bits per heavy atom. The minimum absolute atomic E-state index is 0.0838. The second-order valence-corrected chi connectivity index (χ2v) is 12.9. The van der Waals surface area contributed by atoms with E-state index in [-0.39, 0.29) is 24.9 Å². The van der Waals surface area contributed by atoms with Crippen molar-refractivity contribution in [3.05, 3.63) is 99.5 Å². The second kappa shape index (κ2) is 13.9. The first-order valence-electron chi connectivity index (χ1n) is 13.3. The third-order valence-corrected chi connectivity index (χ3v) is 9.01. The van der Waals surface area contributed by atoms with Crippen molar-refractivity contribution in [2.75, 3.05) is 17.1 Å². The van der Waals surface area contributed by atoms with E-state index >= 15 is 0 Å². The molecule has 1 N–H and O–H groups in total. The molecule has 7 nitrogen and oxygen atoms in total. The third kappa shape index (κ3) is 8.41. The molecule has 2 atom stereocenters. The normalized spacial score (nSPS) is 12.8. The van der Waals surface area contributed by atoms with E-state index in [4.69, 9.17) is 0 Å². The van der Waals surface area contributed by atoms with Gasteiger partial charge in [0.1, 0.15) is 12.6 Å². The highest BCUT2D eigenvalue weighted by Crippen LogP contribution is 2.25. The van der Waals surface area contributed by atoms with Crippen molar-refractivity contribution in [2.24, 2.45) is 0 Å². The van der Waals surface area contributed by atoms with E-state index in [1.54, 1.807) is 18.2 Å². The summed E-state index contributed by atoms with van der Waals surface area (Å²) in [5, 5.41) is 3.04. The number of nitrogens with zero attached hydrogens (tertiary/aromatic N) is 2. The highest BCUT2D eigenvalue weighted by Gasteiger charge is 2.33. The number of nitrogens with one attached hydrogen (secondary N) is 1. The van der Waals surface area contributed by atoms with Gasteiger partial charge in [-0.05, 0) is 67.6 Å². The molecule has 0 aliphatic carbocycles. The smallest absolute Gasteiger partial charge is 0.244 e. The Morgan fingerprint density at radius 3 is 2.20 bits per heavy atom. The lowest BCUT2D eigenvalue weighted by molar-refractivity contribution is -0.140. The third-order valence-electron chi connectivity index (χ3n) is 6.98. The number of anilines is 1. The molecule has 0 unspecified atom stereocenters. The van der Waals surface area contributed by atoms with E-state index in [0.717, 1.165) is 43.7 Å². The number of carbonyl (C=O) groups excluding carboxylic acids is 2. The molecule has 9 heteroatoms. The molecule has 0 heterocycles. The highest BCUT2D eigenvalue weighted by atomic mass is 79.9. The summed E-state index contributed by atoms with van der Waals surface area (Å²) in [5.74, 6) is -0.736. The maximum atomic E-state index is 14.2. The Bertz CT molecular complexity index is 1430. The fourth-order valence-corrected chi connectivity index (χ4v) is 5.45. The number of hydrogen-bond acceptors (Lipinski definition) is 4. The van der Waals surface area contributed by atoms with Crippen LogP contribution in [0.4, 0.5) is 5.69 Å². The molecular weight excluding hydrogens is 590 g/mol. The zero-order chi connectivity index (χ0) is 29.4. The maximum Gasteiger partial charge on any atom is 0.244 e. The van der Waals surface area contributed by atoms with E-state index in [9.17, 15) is 18.0 Å². The van der Waals surface area contributed by atoms with Gasteiger partial charge in [-0.15, -0.1) is 0 Å². The fourth-order valence-electron chi connectivity index (χ4n) is 4.36. The summed E-state index contributed by atoms with van der Waals surface area (Å²) in [7, 11) is -3.81. The Balaban J connectivity index is 2.08. The summed E-state index contributed by atoms with van der Waals surface area (Å²) in [6.45, 7) is 7.44. The Hall–Kier alpha value is -3.17. The van der Waals surface area contributed by atoms with Gasteiger partial charge in [-0.1, -0.05) is 77.5 Å². The topological polar surface area (TPSA) is 86.8 Å². The van der Waals surface area contributed by atoms with Crippen LogP contribution in [0.3, 0.4) is 0 Å². The van der Waals surface area contributed by atoms with Gasteiger partial charge in [0.05, 0.1) is 11.9 Å². The van der Waals surface area contributed by atoms with E-state index in [2.05, 4.69) is 21.2 Å². The molecule has 0 aliphatic rings. The standard InChI is InChI=1S/C31H38BrN3O4S/c1-6-24(4)33-31(37)29(19-25-13-8-7-9-14-25)34(20-26-15-11-10-12-22(26)2)30(36)21-35(40(5,38)39)27-16-17-28(32)23(3)18-27/h7-18,24,29H,6,19-21H2,1-5H3,(H,33,37)/t24-,29-/m0/s1. The maximum absolute atomic E-state index is 14.2. The molecule has 3 aromatic rings. The zero-order valence-electron chi connectivity index (χ0n) is 23.7. The quantitative estimate of drug-likeness (QED) is 0.292. The van der Waals surface area contributed by atoms with Gasteiger partial charge in [-0.2, -0.15) is 0 Å². The molecule has 0 bridgehead atoms. The summed E-state index contributed by atoms with van der Waals surface area (Å²) >= 11 is 3.45. The first kappa shape index (κ1) is 31.4. The van der Waals surface area contributed by atoms with Crippen molar-refractivity contribution >= 4 is 43.5 Å². The van der Waals surface area contributed by atoms with Crippen LogP contribution in [0.5, 0.6) is 0 Å². The number of amides is 2. The molecule has 40 heavy (non-hydrogen) atoms. The summed E-state index contributed by atoms with van der Waals surface area (Å²) in [4.78, 5) is 29.4. The van der Waals surface area contributed by atoms with E-state index in [1.165, 1.54) is 4.90 Å². The first-order valence-corrected chi connectivity index (χ1v) is 16.0. The summed E-state index contributed by atoms with van der Waals surface area (Å²) < 4.78 is 27.8. The molecule has 0 aromatic heterocycles. The van der Waals surface area contributed by atoms with Crippen LogP contribution in [0, 0.1) is 13.8 Å². The first-order chi connectivity index (χ1) is 18.9. The number of aryl methyl sites for hydroxylation is 2. The molecule has 0 fully saturated rings. The van der Waals surface area contributed by atoms with Gasteiger partial charge < -0.3 is 10.2 Å². The Kier molecular flexibility index (Phi) is 10.9. The highest BCUT2D eigenvalue weighted by molar-refractivity contribution is 9.10. The minimum atomic E-state index is -3.81. The summed E-state index contributed by atoms with van der Waals surface area (Å²) in [6, 6.07) is 21.4. The molecular formula is C31H38BrN3O4S. The van der Waals surface area contributed by atoms with Crippen LogP contribution in [0.15, 0.2) is 77.3 Å². The monoisotopic (exact) mass is 627 g/mol. The molecule has 0 radical (unpaired) electrons. The van der Waals surface area contributed by atoms with Crippen molar-refractivity contribution in [3.63, 3.8) is 0 Å². The van der Waals surface area contributed by atoms with Crippen LogP contribution in [-0.4, -0.2) is 50.0 Å². The molecule has 2 amide bonds. The average Bonchev–Trinajstić information content (AvgIpc) is 2.91. The van der Waals surface area contributed by atoms with Gasteiger partial charge in [-0.3, -0.25) is 13.9 Å². The summed E-state index contributed by atoms with van der Waals surface area (Å²) in [5.41, 5.74) is 3.99. The van der Waals surface area contributed by atoms with Gasteiger partial charge in [0.25, 0.3) is 0 Å². The predicted octanol–water partition coefficient (Wildman–Crippen LogP) is 5.39. The number of sulfonamides is 1. The van der Waals surface area contributed by atoms with Crippen LogP contribution in [-0.2, 0) is 32.6 Å². The fraction of sp³-hybridized carbons (Fsp3) is 0.355. The molecule has 0 aliphatic heterocycles. The van der Waals surface area contributed by atoms with Crippen LogP contribution < -0.4 is 9.62 Å². The minimum Gasteiger partial charge on any atom is -0.352 e. The van der Waals surface area contributed by atoms with Crippen molar-refractivity contribution < 1.29 is 18.0 Å². The number of benzene rings is 3. The molecule has 0 spiro atoms. The van der Waals surface area contributed by atoms with E-state index < -0.39 is 28.5 Å². The van der Waals surface area contributed by atoms with Crippen molar-refractivity contribution in [1.29, 1.82) is 0 Å². The lowest BCUT2D eigenvalue weighted by Gasteiger charge is -2.34. The number of halogens is 1. The molecule has 3 aromatic carbocycles. The predicted molar refractivity (Wildman–Crippen MR) is 165 cm³/mol. The van der Waals surface area contributed by atoms with Gasteiger partial charge in [0, 0.05) is 23.5 Å². The van der Waals surface area contributed by atoms with Crippen molar-refractivity contribution in [1.82, 2.24) is 10.2 Å². The lowest BCUT2D eigenvalue weighted by atomic mass is 10.0. The van der Waals surface area contributed by atoms with Gasteiger partial charge in [0.2, 0.25) is 21.8 Å². The summed E-state index contributed by atoms with van der Waals surface area (Å²) in [6.07, 6.45) is 2.11. The largest absolute Gasteiger partial charge is 0.352 e. The number of carbonyl (C=O) groups is 2. The average molecular weight is 629 g/mol. The second-order valence-electron chi connectivity index (χ2n) is 10.2. The van der Waals surface area contributed by atoms with Gasteiger partial charge in [0.15, 0.2) is 0 Å². The Labute approximate surface area is 246 Å². The number of hydrogen-bond donors (Lipinski definition) is 1. The van der Waals surface area contributed by atoms with Crippen LogP contribution in [0.25, 0.3) is 0 Å².